The number of hydrogen-bond donors (Lipinski definition) is 1. The van der Waals surface area contributed by atoms with Crippen molar-refractivity contribution < 1.29 is 13.5 Å². The molecule has 1 rings (SSSR count). The lowest BCUT2D eigenvalue weighted by molar-refractivity contribution is 0.287. The Hall–Kier alpha value is -0.870. The Kier molecular flexibility index (Phi) is 4.33. The highest BCUT2D eigenvalue weighted by Crippen LogP contribution is 2.23. The minimum Gasteiger partial charge on any atom is -0.395 e. The third-order valence-electron chi connectivity index (χ3n) is 2.80. The van der Waals surface area contributed by atoms with Gasteiger partial charge in [0.15, 0.2) is 9.84 Å². The molecule has 3 nitrogen and oxygen atoms in total. The van der Waals surface area contributed by atoms with E-state index in [0.717, 1.165) is 5.56 Å². The zero-order valence-electron chi connectivity index (χ0n) is 10.6. The fourth-order valence-corrected chi connectivity index (χ4v) is 3.26. The van der Waals surface area contributed by atoms with Crippen LogP contribution in [0.25, 0.3) is 0 Å². The highest BCUT2D eigenvalue weighted by atomic mass is 32.2. The van der Waals surface area contributed by atoms with Crippen molar-refractivity contribution in [1.82, 2.24) is 0 Å². The van der Waals surface area contributed by atoms with Crippen molar-refractivity contribution in [3.8, 4) is 0 Å². The normalized spacial score (nSPS) is 14.6. The number of hydrogen-bond acceptors (Lipinski definition) is 3. The van der Waals surface area contributed by atoms with Gasteiger partial charge in [-0.2, -0.15) is 0 Å². The van der Waals surface area contributed by atoms with E-state index in [0.29, 0.717) is 6.42 Å². The van der Waals surface area contributed by atoms with Crippen molar-refractivity contribution in [3.63, 3.8) is 0 Å². The van der Waals surface area contributed by atoms with Crippen LogP contribution in [0.2, 0.25) is 0 Å². The van der Waals surface area contributed by atoms with Gasteiger partial charge in [-0.05, 0) is 32.8 Å². The van der Waals surface area contributed by atoms with E-state index in [-0.39, 0.29) is 6.61 Å². The van der Waals surface area contributed by atoms with Crippen LogP contribution in [0.3, 0.4) is 0 Å². The fourth-order valence-electron chi connectivity index (χ4n) is 1.65. The molecule has 0 spiro atoms. The average molecular weight is 256 g/mol. The lowest BCUT2D eigenvalue weighted by Crippen LogP contribution is -2.40. The van der Waals surface area contributed by atoms with Crippen LogP contribution in [0.5, 0.6) is 0 Å². The van der Waals surface area contributed by atoms with Gasteiger partial charge in [0.1, 0.15) is 0 Å². The third-order valence-corrected chi connectivity index (χ3v) is 5.70. The first-order valence-corrected chi connectivity index (χ1v) is 7.22. The Bertz CT molecular complexity index is 443. The minimum absolute atomic E-state index is 0.339. The van der Waals surface area contributed by atoms with Crippen LogP contribution in [0.4, 0.5) is 0 Å². The number of sulfone groups is 1. The molecule has 0 amide bonds. The zero-order chi connectivity index (χ0) is 13.1. The van der Waals surface area contributed by atoms with Crippen molar-refractivity contribution in [1.29, 1.82) is 0 Å². The van der Waals surface area contributed by atoms with Crippen molar-refractivity contribution in [2.24, 2.45) is 0 Å². The molecule has 0 aliphatic rings. The maximum Gasteiger partial charge on any atom is 0.160 e. The lowest BCUT2D eigenvalue weighted by Gasteiger charge is -2.25. The number of aliphatic hydroxyl groups excluding tert-OH is 1. The highest BCUT2D eigenvalue weighted by Gasteiger charge is 2.36. The van der Waals surface area contributed by atoms with Gasteiger partial charge in [0, 0.05) is 0 Å². The highest BCUT2D eigenvalue weighted by molar-refractivity contribution is 7.93. The largest absolute Gasteiger partial charge is 0.395 e. The van der Waals surface area contributed by atoms with Gasteiger partial charge in [0.2, 0.25) is 0 Å². The monoisotopic (exact) mass is 256 g/mol. The second kappa shape index (κ2) is 5.19. The Morgan fingerprint density at radius 2 is 1.71 bits per heavy atom. The molecule has 1 N–H and O–H groups in total. The quantitative estimate of drug-likeness (QED) is 0.893. The van der Waals surface area contributed by atoms with Crippen LogP contribution in [-0.2, 0) is 16.3 Å². The second-order valence-electron chi connectivity index (χ2n) is 5.15. The summed E-state index contributed by atoms with van der Waals surface area (Å²) < 4.78 is 23.6. The van der Waals surface area contributed by atoms with Crippen LogP contribution in [0.15, 0.2) is 30.3 Å². The summed E-state index contributed by atoms with van der Waals surface area (Å²) in [7, 11) is -3.34. The van der Waals surface area contributed by atoms with Gasteiger partial charge in [-0.15, -0.1) is 0 Å². The molecule has 4 heteroatoms. The van der Waals surface area contributed by atoms with Crippen LogP contribution in [0.1, 0.15) is 26.3 Å². The van der Waals surface area contributed by atoms with E-state index in [1.807, 2.05) is 30.3 Å². The molecule has 1 unspecified atom stereocenters. The predicted molar refractivity (Wildman–Crippen MR) is 69.7 cm³/mol. The number of rotatable bonds is 4. The first-order valence-electron chi connectivity index (χ1n) is 5.67. The topological polar surface area (TPSA) is 54.4 Å². The Balaban J connectivity index is 2.95. The van der Waals surface area contributed by atoms with Crippen molar-refractivity contribution in [2.75, 3.05) is 6.61 Å². The molecule has 0 bridgehead atoms. The molecule has 0 heterocycles. The standard InChI is InChI=1S/C13H20O3S/c1-13(2,3)17(15,16)12(10-14)9-11-7-5-4-6-8-11/h4-8,12,14H,9-10H2,1-3H3. The second-order valence-corrected chi connectivity index (χ2v) is 8.13. The van der Waals surface area contributed by atoms with Crippen molar-refractivity contribution in [3.05, 3.63) is 35.9 Å². The molecule has 0 saturated heterocycles. The maximum absolute atomic E-state index is 12.2. The smallest absolute Gasteiger partial charge is 0.160 e. The number of aliphatic hydroxyl groups is 1. The lowest BCUT2D eigenvalue weighted by atomic mass is 10.1. The maximum atomic E-state index is 12.2. The van der Waals surface area contributed by atoms with Gasteiger partial charge in [-0.3, -0.25) is 0 Å². The minimum atomic E-state index is -3.34. The molecule has 17 heavy (non-hydrogen) atoms. The van der Waals surface area contributed by atoms with Gasteiger partial charge in [0.05, 0.1) is 16.6 Å². The molecule has 1 aromatic rings. The van der Waals surface area contributed by atoms with E-state index >= 15 is 0 Å². The van der Waals surface area contributed by atoms with E-state index in [1.54, 1.807) is 20.8 Å². The fraction of sp³-hybridized carbons (Fsp3) is 0.538. The van der Waals surface area contributed by atoms with Crippen molar-refractivity contribution in [2.45, 2.75) is 37.2 Å². The molecule has 0 aliphatic carbocycles. The Labute approximate surface area is 103 Å². The van der Waals surface area contributed by atoms with Gasteiger partial charge < -0.3 is 5.11 Å². The van der Waals surface area contributed by atoms with Crippen LogP contribution in [-0.4, -0.2) is 30.1 Å². The summed E-state index contributed by atoms with van der Waals surface area (Å²) in [6.07, 6.45) is 0.358. The first kappa shape index (κ1) is 14.2. The van der Waals surface area contributed by atoms with Gasteiger partial charge >= 0.3 is 0 Å². The zero-order valence-corrected chi connectivity index (χ0v) is 11.4. The molecule has 0 aromatic heterocycles. The molecule has 0 aliphatic heterocycles. The van der Waals surface area contributed by atoms with Gasteiger partial charge in [-0.1, -0.05) is 30.3 Å². The van der Waals surface area contributed by atoms with E-state index < -0.39 is 19.8 Å². The Morgan fingerprint density at radius 1 is 1.18 bits per heavy atom. The molecular formula is C13H20O3S. The summed E-state index contributed by atoms with van der Waals surface area (Å²) in [4.78, 5) is 0. The van der Waals surface area contributed by atoms with Crippen LogP contribution < -0.4 is 0 Å². The molecule has 1 aromatic carbocycles. The average Bonchev–Trinajstić information content (AvgIpc) is 2.25. The van der Waals surface area contributed by atoms with Gasteiger partial charge in [0.25, 0.3) is 0 Å². The van der Waals surface area contributed by atoms with E-state index in [9.17, 15) is 13.5 Å². The predicted octanol–water partition coefficient (Wildman–Crippen LogP) is 1.80. The van der Waals surface area contributed by atoms with Crippen molar-refractivity contribution >= 4 is 9.84 Å². The molecule has 0 radical (unpaired) electrons. The summed E-state index contributed by atoms with van der Waals surface area (Å²) in [5.41, 5.74) is 0.930. The number of benzene rings is 1. The molecule has 0 fully saturated rings. The first-order chi connectivity index (χ1) is 7.79. The van der Waals surface area contributed by atoms with E-state index in [2.05, 4.69) is 0 Å². The molecule has 96 valence electrons. The summed E-state index contributed by atoms with van der Waals surface area (Å²) in [5, 5.41) is 8.58. The van der Waals surface area contributed by atoms with Gasteiger partial charge in [-0.25, -0.2) is 8.42 Å². The SMILES string of the molecule is CC(C)(C)S(=O)(=O)C(CO)Cc1ccccc1. The summed E-state index contributed by atoms with van der Waals surface area (Å²) in [6, 6.07) is 9.37. The van der Waals surface area contributed by atoms with Crippen LogP contribution >= 0.6 is 0 Å². The molecule has 0 saturated carbocycles. The summed E-state index contributed by atoms with van der Waals surface area (Å²) in [5.74, 6) is 0. The third kappa shape index (κ3) is 3.30. The van der Waals surface area contributed by atoms with E-state index in [4.69, 9.17) is 0 Å². The molecule has 1 atom stereocenters. The van der Waals surface area contributed by atoms with Crippen LogP contribution in [0, 0.1) is 0 Å². The van der Waals surface area contributed by atoms with E-state index in [1.165, 1.54) is 0 Å². The molecular weight excluding hydrogens is 236 g/mol. The Morgan fingerprint density at radius 3 is 2.12 bits per heavy atom. The summed E-state index contributed by atoms with van der Waals surface area (Å²) in [6.45, 7) is 4.65. The summed E-state index contributed by atoms with van der Waals surface area (Å²) >= 11 is 0.